The van der Waals surface area contributed by atoms with E-state index in [0.717, 1.165) is 32.7 Å². The number of nitrogens with one attached hydrogen (secondary N) is 1. The lowest BCUT2D eigenvalue weighted by Gasteiger charge is -2.32. The van der Waals surface area contributed by atoms with Crippen molar-refractivity contribution in [3.63, 3.8) is 0 Å². The molecule has 0 unspecified atom stereocenters. The normalized spacial score (nSPS) is 19.4. The Balaban J connectivity index is 1.59. The van der Waals surface area contributed by atoms with E-state index in [1.165, 1.54) is 12.7 Å². The van der Waals surface area contributed by atoms with E-state index < -0.39 is 0 Å². The van der Waals surface area contributed by atoms with Crippen LogP contribution in [0.4, 0.5) is 0 Å². The summed E-state index contributed by atoms with van der Waals surface area (Å²) in [5, 5.41) is 3.18. The van der Waals surface area contributed by atoms with E-state index in [1.54, 1.807) is 0 Å². The minimum absolute atomic E-state index is 0.181. The maximum atomic E-state index is 11.5. The second kappa shape index (κ2) is 8.77. The standard InChI is InChI=1S/C16H24N2O3/c1-20-16(19)15-12-18(10-8-17-15)9-5-11-21-13-14-6-3-2-4-7-14/h2-4,6-7,15,17H,5,8-13H2,1H3/t15-/m1/s1. The summed E-state index contributed by atoms with van der Waals surface area (Å²) in [5.74, 6) is -0.181. The lowest BCUT2D eigenvalue weighted by Crippen LogP contribution is -2.54. The molecular formula is C16H24N2O3. The van der Waals surface area contributed by atoms with Crippen LogP contribution in [0.3, 0.4) is 0 Å². The van der Waals surface area contributed by atoms with E-state index >= 15 is 0 Å². The van der Waals surface area contributed by atoms with E-state index in [1.807, 2.05) is 18.2 Å². The molecule has 1 N–H and O–H groups in total. The van der Waals surface area contributed by atoms with Gasteiger partial charge < -0.3 is 14.8 Å². The number of hydrogen-bond acceptors (Lipinski definition) is 5. The molecule has 2 rings (SSSR count). The van der Waals surface area contributed by atoms with Crippen LogP contribution in [0.1, 0.15) is 12.0 Å². The van der Waals surface area contributed by atoms with Crippen molar-refractivity contribution in [1.29, 1.82) is 0 Å². The number of hydrogen-bond donors (Lipinski definition) is 1. The van der Waals surface area contributed by atoms with Gasteiger partial charge in [-0.1, -0.05) is 30.3 Å². The minimum Gasteiger partial charge on any atom is -0.468 e. The quantitative estimate of drug-likeness (QED) is 0.601. The zero-order chi connectivity index (χ0) is 14.9. The van der Waals surface area contributed by atoms with Gasteiger partial charge in [-0.15, -0.1) is 0 Å². The summed E-state index contributed by atoms with van der Waals surface area (Å²) in [5.41, 5.74) is 1.20. The van der Waals surface area contributed by atoms with Crippen LogP contribution in [-0.2, 0) is 20.9 Å². The Morgan fingerprint density at radius 2 is 2.19 bits per heavy atom. The summed E-state index contributed by atoms with van der Waals surface area (Å²) in [6.07, 6.45) is 0.973. The maximum Gasteiger partial charge on any atom is 0.324 e. The molecule has 0 amide bonds. The van der Waals surface area contributed by atoms with Gasteiger partial charge in [0.1, 0.15) is 6.04 Å². The highest BCUT2D eigenvalue weighted by atomic mass is 16.5. The minimum atomic E-state index is -0.200. The molecule has 0 spiro atoms. The molecule has 0 aliphatic carbocycles. The molecular weight excluding hydrogens is 268 g/mol. The zero-order valence-electron chi connectivity index (χ0n) is 12.6. The van der Waals surface area contributed by atoms with Crippen molar-refractivity contribution in [2.45, 2.75) is 19.1 Å². The molecule has 1 aromatic rings. The molecule has 5 nitrogen and oxygen atoms in total. The Bertz CT molecular complexity index is 425. The zero-order valence-corrected chi connectivity index (χ0v) is 12.6. The highest BCUT2D eigenvalue weighted by Gasteiger charge is 2.25. The molecule has 116 valence electrons. The third-order valence-corrected chi connectivity index (χ3v) is 3.62. The summed E-state index contributed by atoms with van der Waals surface area (Å²) < 4.78 is 10.4. The van der Waals surface area contributed by atoms with Gasteiger partial charge in [0.2, 0.25) is 0 Å². The van der Waals surface area contributed by atoms with Crippen LogP contribution in [0.25, 0.3) is 0 Å². The van der Waals surface area contributed by atoms with E-state index in [9.17, 15) is 4.79 Å². The summed E-state index contributed by atoms with van der Waals surface area (Å²) in [6, 6.07) is 9.98. The predicted molar refractivity (Wildman–Crippen MR) is 81.0 cm³/mol. The first kappa shape index (κ1) is 15.9. The van der Waals surface area contributed by atoms with E-state index in [-0.39, 0.29) is 12.0 Å². The van der Waals surface area contributed by atoms with Crippen LogP contribution >= 0.6 is 0 Å². The van der Waals surface area contributed by atoms with Crippen LogP contribution in [0, 0.1) is 0 Å². The first-order chi connectivity index (χ1) is 10.3. The molecule has 0 radical (unpaired) electrons. The average Bonchev–Trinajstić information content (AvgIpc) is 2.55. The molecule has 1 aromatic carbocycles. The van der Waals surface area contributed by atoms with E-state index in [4.69, 9.17) is 9.47 Å². The van der Waals surface area contributed by atoms with Crippen LogP contribution in [0.5, 0.6) is 0 Å². The van der Waals surface area contributed by atoms with Gasteiger partial charge in [0.25, 0.3) is 0 Å². The number of ether oxygens (including phenoxy) is 2. The molecule has 0 bridgehead atoms. The van der Waals surface area contributed by atoms with E-state index in [2.05, 4.69) is 22.3 Å². The fraction of sp³-hybridized carbons (Fsp3) is 0.562. The molecule has 1 aliphatic rings. The number of piperazine rings is 1. The summed E-state index contributed by atoms with van der Waals surface area (Å²) in [4.78, 5) is 13.8. The number of rotatable bonds is 7. The van der Waals surface area contributed by atoms with Gasteiger partial charge in [-0.05, 0) is 12.0 Å². The van der Waals surface area contributed by atoms with Crippen molar-refractivity contribution in [3.8, 4) is 0 Å². The van der Waals surface area contributed by atoms with Crippen LogP contribution in [0.15, 0.2) is 30.3 Å². The second-order valence-electron chi connectivity index (χ2n) is 5.22. The van der Waals surface area contributed by atoms with Crippen molar-refractivity contribution in [1.82, 2.24) is 10.2 Å². The SMILES string of the molecule is COC(=O)[C@H]1CN(CCCOCc2ccccc2)CCN1. The first-order valence-electron chi connectivity index (χ1n) is 7.45. The topological polar surface area (TPSA) is 50.8 Å². The Morgan fingerprint density at radius 3 is 2.95 bits per heavy atom. The summed E-state index contributed by atoms with van der Waals surface area (Å²) in [6.45, 7) is 4.85. The molecule has 1 fully saturated rings. The smallest absolute Gasteiger partial charge is 0.324 e. The van der Waals surface area contributed by atoms with Crippen molar-refractivity contribution in [2.24, 2.45) is 0 Å². The van der Waals surface area contributed by atoms with Gasteiger partial charge in [0.15, 0.2) is 0 Å². The number of esters is 1. The molecule has 0 aromatic heterocycles. The number of nitrogens with zero attached hydrogens (tertiary/aromatic N) is 1. The largest absolute Gasteiger partial charge is 0.468 e. The predicted octanol–water partition coefficient (Wildman–Crippen LogP) is 1.04. The molecule has 0 saturated carbocycles. The van der Waals surface area contributed by atoms with Crippen molar-refractivity contribution in [3.05, 3.63) is 35.9 Å². The monoisotopic (exact) mass is 292 g/mol. The lowest BCUT2D eigenvalue weighted by molar-refractivity contribution is -0.144. The Labute approximate surface area is 126 Å². The van der Waals surface area contributed by atoms with Gasteiger partial charge in [0.05, 0.1) is 13.7 Å². The Morgan fingerprint density at radius 1 is 1.38 bits per heavy atom. The molecule has 21 heavy (non-hydrogen) atoms. The van der Waals surface area contributed by atoms with Crippen LogP contribution in [-0.4, -0.2) is 56.8 Å². The second-order valence-corrected chi connectivity index (χ2v) is 5.22. The van der Waals surface area contributed by atoms with E-state index in [0.29, 0.717) is 13.2 Å². The first-order valence-corrected chi connectivity index (χ1v) is 7.45. The van der Waals surface area contributed by atoms with Gasteiger partial charge in [-0.2, -0.15) is 0 Å². The number of methoxy groups -OCH3 is 1. The number of benzene rings is 1. The molecule has 1 heterocycles. The Kier molecular flexibility index (Phi) is 6.66. The fourth-order valence-electron chi connectivity index (χ4n) is 2.47. The van der Waals surface area contributed by atoms with Crippen molar-refractivity contribution < 1.29 is 14.3 Å². The third kappa shape index (κ3) is 5.46. The van der Waals surface area contributed by atoms with Crippen LogP contribution in [0.2, 0.25) is 0 Å². The van der Waals surface area contributed by atoms with Gasteiger partial charge in [-0.25, -0.2) is 0 Å². The Hall–Kier alpha value is -1.43. The maximum absolute atomic E-state index is 11.5. The third-order valence-electron chi connectivity index (χ3n) is 3.62. The van der Waals surface area contributed by atoms with Crippen molar-refractivity contribution in [2.75, 3.05) is 39.9 Å². The summed E-state index contributed by atoms with van der Waals surface area (Å²) in [7, 11) is 1.43. The molecule has 1 saturated heterocycles. The molecule has 5 heteroatoms. The molecule has 1 atom stereocenters. The average molecular weight is 292 g/mol. The van der Waals surface area contributed by atoms with Crippen molar-refractivity contribution >= 4 is 5.97 Å². The van der Waals surface area contributed by atoms with Gasteiger partial charge in [0, 0.05) is 32.8 Å². The number of carbonyl (C=O) groups excluding carboxylic acids is 1. The van der Waals surface area contributed by atoms with Gasteiger partial charge in [-0.3, -0.25) is 9.69 Å². The molecule has 1 aliphatic heterocycles. The summed E-state index contributed by atoms with van der Waals surface area (Å²) >= 11 is 0. The lowest BCUT2D eigenvalue weighted by atomic mass is 10.2. The highest BCUT2D eigenvalue weighted by molar-refractivity contribution is 5.76. The fourth-order valence-corrected chi connectivity index (χ4v) is 2.47. The number of carbonyl (C=O) groups is 1. The van der Waals surface area contributed by atoms with Gasteiger partial charge >= 0.3 is 5.97 Å². The van der Waals surface area contributed by atoms with Crippen LogP contribution < -0.4 is 5.32 Å². The highest BCUT2D eigenvalue weighted by Crippen LogP contribution is 2.04.